The first-order valence-corrected chi connectivity index (χ1v) is 6.84. The van der Waals surface area contributed by atoms with Crippen LogP contribution in [0.25, 0.3) is 10.9 Å². The quantitative estimate of drug-likeness (QED) is 0.550. The molecule has 1 unspecified atom stereocenters. The first-order valence-electron chi connectivity index (χ1n) is 6.84. The first-order chi connectivity index (χ1) is 10.0. The molecule has 0 aliphatic rings. The predicted molar refractivity (Wildman–Crippen MR) is 84.1 cm³/mol. The maximum atomic E-state index is 9.45. The van der Waals surface area contributed by atoms with Crippen LogP contribution in [0.3, 0.4) is 0 Å². The third-order valence-electron chi connectivity index (χ3n) is 3.26. The van der Waals surface area contributed by atoms with Crippen molar-refractivity contribution in [2.75, 3.05) is 26.1 Å². The van der Waals surface area contributed by atoms with Crippen molar-refractivity contribution in [3.8, 4) is 5.75 Å². The van der Waals surface area contributed by atoms with Gasteiger partial charge < -0.3 is 15.3 Å². The molecule has 0 bridgehead atoms. The lowest BCUT2D eigenvalue weighted by Crippen LogP contribution is -2.27. The molecule has 0 saturated carbocycles. The number of benzene rings is 1. The average Bonchev–Trinajstić information content (AvgIpc) is 2.45. The molecule has 2 aromatic rings. The highest BCUT2D eigenvalue weighted by molar-refractivity contribution is 5.83. The van der Waals surface area contributed by atoms with Gasteiger partial charge in [-0.05, 0) is 32.2 Å². The van der Waals surface area contributed by atoms with Gasteiger partial charge in [-0.1, -0.05) is 0 Å². The Morgan fingerprint density at radius 3 is 2.81 bits per heavy atom. The van der Waals surface area contributed by atoms with E-state index >= 15 is 0 Å². The highest BCUT2D eigenvalue weighted by Gasteiger charge is 2.10. The first kappa shape index (κ1) is 15.5. The van der Waals surface area contributed by atoms with Crippen molar-refractivity contribution in [2.45, 2.75) is 19.6 Å². The number of hydrazine groups is 1. The number of nitrogens with two attached hydrogens (primary N) is 1. The van der Waals surface area contributed by atoms with E-state index in [-0.39, 0.29) is 6.10 Å². The van der Waals surface area contributed by atoms with Gasteiger partial charge in [0.25, 0.3) is 0 Å². The summed E-state index contributed by atoms with van der Waals surface area (Å²) in [6.07, 6.45) is -0.373. The maximum absolute atomic E-state index is 9.45. The average molecular weight is 290 g/mol. The van der Waals surface area contributed by atoms with E-state index in [1.807, 2.05) is 30.1 Å². The molecule has 21 heavy (non-hydrogen) atoms. The zero-order valence-electron chi connectivity index (χ0n) is 12.6. The molecule has 0 fully saturated rings. The summed E-state index contributed by atoms with van der Waals surface area (Å²) in [6, 6.07) is 7.80. The number of ether oxygens (including phenoxy) is 1. The zero-order chi connectivity index (χ0) is 15.4. The number of pyridine rings is 1. The molecule has 0 aliphatic heterocycles. The molecule has 0 aliphatic carbocycles. The molecule has 0 saturated heterocycles. The molecule has 0 amide bonds. The van der Waals surface area contributed by atoms with Gasteiger partial charge in [-0.15, -0.1) is 0 Å². The van der Waals surface area contributed by atoms with Gasteiger partial charge >= 0.3 is 0 Å². The monoisotopic (exact) mass is 290 g/mol. The molecule has 1 heterocycles. The van der Waals surface area contributed by atoms with E-state index in [4.69, 9.17) is 10.6 Å². The smallest absolute Gasteiger partial charge is 0.145 e. The van der Waals surface area contributed by atoms with E-state index in [1.165, 1.54) is 0 Å². The Kier molecular flexibility index (Phi) is 4.95. The Hall–Kier alpha value is -1.89. The second-order valence-electron chi connectivity index (χ2n) is 5.24. The minimum atomic E-state index is -0.373. The number of aromatic nitrogens is 1. The Balaban J connectivity index is 2.34. The number of aliphatic hydroxyl groups excluding tert-OH is 1. The number of methoxy groups -OCH3 is 1. The van der Waals surface area contributed by atoms with Crippen LogP contribution in [0.4, 0.5) is 5.82 Å². The molecule has 1 aromatic carbocycles. The Bertz CT molecular complexity index is 616. The fourth-order valence-corrected chi connectivity index (χ4v) is 2.37. The fourth-order valence-electron chi connectivity index (χ4n) is 2.37. The van der Waals surface area contributed by atoms with Crippen LogP contribution in [-0.4, -0.2) is 41.8 Å². The van der Waals surface area contributed by atoms with Gasteiger partial charge in [0, 0.05) is 30.1 Å². The molecule has 2 rings (SSSR count). The predicted octanol–water partition coefficient (Wildman–Crippen LogP) is 1.34. The van der Waals surface area contributed by atoms with Crippen molar-refractivity contribution in [1.82, 2.24) is 9.88 Å². The lowest BCUT2D eigenvalue weighted by Gasteiger charge is -2.20. The van der Waals surface area contributed by atoms with Crippen LogP contribution in [-0.2, 0) is 6.54 Å². The number of hydrogen-bond donors (Lipinski definition) is 3. The number of nitrogens with zero attached hydrogens (tertiary/aromatic N) is 2. The molecule has 1 aromatic heterocycles. The van der Waals surface area contributed by atoms with Gasteiger partial charge in [0.2, 0.25) is 0 Å². The van der Waals surface area contributed by atoms with Crippen LogP contribution in [0.1, 0.15) is 12.5 Å². The molecular formula is C15H22N4O2. The fraction of sp³-hybridized carbons (Fsp3) is 0.400. The third kappa shape index (κ3) is 3.81. The Morgan fingerprint density at radius 2 is 2.19 bits per heavy atom. The molecular weight excluding hydrogens is 268 g/mol. The molecule has 114 valence electrons. The van der Waals surface area contributed by atoms with Gasteiger partial charge in [0.1, 0.15) is 11.6 Å². The molecule has 4 N–H and O–H groups in total. The van der Waals surface area contributed by atoms with Crippen molar-refractivity contribution in [3.63, 3.8) is 0 Å². The van der Waals surface area contributed by atoms with Crippen molar-refractivity contribution < 1.29 is 9.84 Å². The van der Waals surface area contributed by atoms with Crippen molar-refractivity contribution in [2.24, 2.45) is 5.84 Å². The molecule has 0 spiro atoms. The summed E-state index contributed by atoms with van der Waals surface area (Å²) in [4.78, 5) is 6.55. The summed E-state index contributed by atoms with van der Waals surface area (Å²) in [7, 11) is 3.58. The third-order valence-corrected chi connectivity index (χ3v) is 3.26. The summed E-state index contributed by atoms with van der Waals surface area (Å²) < 4.78 is 5.21. The number of rotatable bonds is 6. The van der Waals surface area contributed by atoms with Gasteiger partial charge in [-0.25, -0.2) is 10.8 Å². The number of likely N-dealkylation sites (N-methyl/N-ethyl adjacent to an activating group) is 1. The summed E-state index contributed by atoms with van der Waals surface area (Å²) in [6.45, 7) is 3.01. The summed E-state index contributed by atoms with van der Waals surface area (Å²) >= 11 is 0. The molecule has 6 nitrogen and oxygen atoms in total. The second-order valence-corrected chi connectivity index (χ2v) is 5.24. The number of aliphatic hydroxyl groups is 1. The number of fused-ring (bicyclic) bond motifs is 1. The van der Waals surface area contributed by atoms with E-state index in [0.717, 1.165) is 22.2 Å². The zero-order valence-corrected chi connectivity index (χ0v) is 12.6. The van der Waals surface area contributed by atoms with Crippen LogP contribution in [0.5, 0.6) is 5.75 Å². The van der Waals surface area contributed by atoms with Crippen LogP contribution in [0, 0.1) is 0 Å². The Labute approximate surface area is 124 Å². The van der Waals surface area contributed by atoms with E-state index in [2.05, 4.69) is 16.5 Å². The largest absolute Gasteiger partial charge is 0.497 e. The highest BCUT2D eigenvalue weighted by Crippen LogP contribution is 2.24. The number of anilines is 1. The van der Waals surface area contributed by atoms with Crippen LogP contribution in [0.15, 0.2) is 24.3 Å². The number of nitrogen functional groups attached to an aromatic ring is 1. The molecule has 6 heteroatoms. The lowest BCUT2D eigenvalue weighted by atomic mass is 10.1. The lowest BCUT2D eigenvalue weighted by molar-refractivity contribution is 0.138. The van der Waals surface area contributed by atoms with Gasteiger partial charge in [0.05, 0.1) is 18.7 Å². The summed E-state index contributed by atoms with van der Waals surface area (Å²) in [5.74, 6) is 6.97. The van der Waals surface area contributed by atoms with E-state index in [9.17, 15) is 5.11 Å². The van der Waals surface area contributed by atoms with Crippen LogP contribution in [0.2, 0.25) is 0 Å². The van der Waals surface area contributed by atoms with Crippen molar-refractivity contribution in [1.29, 1.82) is 0 Å². The minimum absolute atomic E-state index is 0.373. The number of nitrogens with one attached hydrogen (secondary N) is 1. The summed E-state index contributed by atoms with van der Waals surface area (Å²) in [5.41, 5.74) is 4.45. The van der Waals surface area contributed by atoms with Gasteiger partial charge in [-0.3, -0.25) is 4.90 Å². The van der Waals surface area contributed by atoms with Crippen molar-refractivity contribution >= 4 is 16.7 Å². The second kappa shape index (κ2) is 6.71. The van der Waals surface area contributed by atoms with Gasteiger partial charge in [0.15, 0.2) is 0 Å². The van der Waals surface area contributed by atoms with Crippen LogP contribution < -0.4 is 16.0 Å². The standard InChI is InChI=1S/C15H22N4O2/c1-10(20)8-19(2)9-12-6-11-4-5-13(21-3)7-14(11)17-15(12)18-16/h4-7,10,20H,8-9,16H2,1-3H3,(H,17,18). The maximum Gasteiger partial charge on any atom is 0.145 e. The normalized spacial score (nSPS) is 12.7. The van der Waals surface area contributed by atoms with E-state index in [1.54, 1.807) is 14.0 Å². The number of hydrogen-bond acceptors (Lipinski definition) is 6. The topological polar surface area (TPSA) is 83.6 Å². The van der Waals surface area contributed by atoms with E-state index in [0.29, 0.717) is 18.9 Å². The summed E-state index contributed by atoms with van der Waals surface area (Å²) in [5, 5.41) is 10.5. The molecule has 0 radical (unpaired) electrons. The highest BCUT2D eigenvalue weighted by atomic mass is 16.5. The van der Waals surface area contributed by atoms with Gasteiger partial charge in [-0.2, -0.15) is 0 Å². The van der Waals surface area contributed by atoms with E-state index < -0.39 is 0 Å². The minimum Gasteiger partial charge on any atom is -0.497 e. The van der Waals surface area contributed by atoms with Crippen molar-refractivity contribution in [3.05, 3.63) is 29.8 Å². The Morgan fingerprint density at radius 1 is 1.43 bits per heavy atom. The SMILES string of the molecule is COc1ccc2cc(CN(C)CC(C)O)c(NN)nc2c1. The van der Waals surface area contributed by atoms with Crippen LogP contribution >= 0.6 is 0 Å². The molecule has 1 atom stereocenters.